The van der Waals surface area contributed by atoms with Gasteiger partial charge in [0.25, 0.3) is 0 Å². The third kappa shape index (κ3) is 2.38. The lowest BCUT2D eigenvalue weighted by Gasteiger charge is -2.14. The second kappa shape index (κ2) is 5.03. The minimum atomic E-state index is -1.23. The average molecular weight is 263 g/mol. The van der Waals surface area contributed by atoms with E-state index in [9.17, 15) is 20.1 Å². The van der Waals surface area contributed by atoms with Gasteiger partial charge in [-0.1, -0.05) is 6.07 Å². The highest BCUT2D eigenvalue weighted by Crippen LogP contribution is 2.32. The highest BCUT2D eigenvalue weighted by Gasteiger charge is 2.18. The number of H-pyrrole nitrogens is 1. The lowest BCUT2D eigenvalue weighted by molar-refractivity contribution is 0.209. The van der Waals surface area contributed by atoms with Crippen molar-refractivity contribution in [3.05, 3.63) is 51.9 Å². The number of ether oxygens (including phenoxy) is 1. The van der Waals surface area contributed by atoms with Crippen LogP contribution in [0.15, 0.2) is 35.3 Å². The molecule has 6 heteroatoms. The molecule has 2 rings (SSSR count). The lowest BCUT2D eigenvalue weighted by atomic mass is 10.0. The van der Waals surface area contributed by atoms with Gasteiger partial charge in [0, 0.05) is 12.3 Å². The Hall–Kier alpha value is -2.47. The second-order valence-corrected chi connectivity index (χ2v) is 3.94. The summed E-state index contributed by atoms with van der Waals surface area (Å²) in [5, 5.41) is 29.2. The third-order valence-corrected chi connectivity index (χ3v) is 2.76. The molecular formula is C13H13NO5. The number of benzene rings is 1. The van der Waals surface area contributed by atoms with Gasteiger partial charge < -0.3 is 25.0 Å². The van der Waals surface area contributed by atoms with E-state index in [2.05, 4.69) is 4.98 Å². The molecule has 0 aliphatic carbocycles. The number of phenols is 1. The van der Waals surface area contributed by atoms with Gasteiger partial charge in [0.2, 0.25) is 5.43 Å². The van der Waals surface area contributed by atoms with Crippen LogP contribution < -0.4 is 10.2 Å². The van der Waals surface area contributed by atoms with Gasteiger partial charge >= 0.3 is 0 Å². The Morgan fingerprint density at radius 2 is 2.00 bits per heavy atom. The fraction of sp³-hybridized carbons (Fsp3) is 0.154. The fourth-order valence-electron chi connectivity index (χ4n) is 1.73. The molecule has 1 heterocycles. The van der Waals surface area contributed by atoms with Gasteiger partial charge in [-0.3, -0.25) is 4.79 Å². The van der Waals surface area contributed by atoms with Crippen LogP contribution in [-0.4, -0.2) is 27.4 Å². The molecule has 0 bridgehead atoms. The first kappa shape index (κ1) is 13.0. The molecule has 6 nitrogen and oxygen atoms in total. The molecule has 0 spiro atoms. The van der Waals surface area contributed by atoms with E-state index in [4.69, 9.17) is 4.74 Å². The number of aliphatic hydroxyl groups is 1. The standard InChI is InChI=1S/C13H13NO5/c1-19-10-6-7(2-3-8(10)15)12(17)11-13(18)9(16)4-5-14-11/h2-6,12,15,17-18H,1H3,(H,14,16). The molecule has 0 aliphatic rings. The summed E-state index contributed by atoms with van der Waals surface area (Å²) in [5.41, 5.74) is -0.231. The van der Waals surface area contributed by atoms with Gasteiger partial charge in [0.05, 0.1) is 12.8 Å². The van der Waals surface area contributed by atoms with Crippen molar-refractivity contribution in [2.24, 2.45) is 0 Å². The summed E-state index contributed by atoms with van der Waals surface area (Å²) < 4.78 is 4.93. The van der Waals surface area contributed by atoms with E-state index >= 15 is 0 Å². The highest BCUT2D eigenvalue weighted by molar-refractivity contribution is 5.45. The van der Waals surface area contributed by atoms with Crippen LogP contribution in [0, 0.1) is 0 Å². The van der Waals surface area contributed by atoms with E-state index in [1.807, 2.05) is 0 Å². The number of methoxy groups -OCH3 is 1. The summed E-state index contributed by atoms with van der Waals surface area (Å²) in [6.45, 7) is 0. The molecule has 0 saturated carbocycles. The zero-order chi connectivity index (χ0) is 14.0. The minimum Gasteiger partial charge on any atom is -0.504 e. The summed E-state index contributed by atoms with van der Waals surface area (Å²) in [7, 11) is 1.38. The van der Waals surface area contributed by atoms with E-state index in [0.717, 1.165) is 6.07 Å². The maximum absolute atomic E-state index is 11.3. The van der Waals surface area contributed by atoms with Crippen molar-refractivity contribution in [3.63, 3.8) is 0 Å². The van der Waals surface area contributed by atoms with Crippen molar-refractivity contribution in [2.45, 2.75) is 6.10 Å². The van der Waals surface area contributed by atoms with Gasteiger partial charge in [0.1, 0.15) is 6.10 Å². The van der Waals surface area contributed by atoms with Crippen LogP contribution in [-0.2, 0) is 0 Å². The predicted octanol–water partition coefficient (Wildman–Crippen LogP) is 0.876. The zero-order valence-corrected chi connectivity index (χ0v) is 10.1. The highest BCUT2D eigenvalue weighted by atomic mass is 16.5. The number of phenolic OH excluding ortho intramolecular Hbond substituents is 1. The molecule has 1 unspecified atom stereocenters. The predicted molar refractivity (Wildman–Crippen MR) is 67.4 cm³/mol. The number of nitrogens with one attached hydrogen (secondary N) is 1. The van der Waals surface area contributed by atoms with Crippen LogP contribution >= 0.6 is 0 Å². The third-order valence-electron chi connectivity index (χ3n) is 2.76. The van der Waals surface area contributed by atoms with E-state index in [0.29, 0.717) is 5.56 Å². The summed E-state index contributed by atoms with van der Waals surface area (Å²) in [5.74, 6) is -0.416. The minimum absolute atomic E-state index is 0.0137. The van der Waals surface area contributed by atoms with Crippen molar-refractivity contribution in [3.8, 4) is 17.2 Å². The lowest BCUT2D eigenvalue weighted by Crippen LogP contribution is -2.09. The molecule has 0 fully saturated rings. The number of hydrogen-bond donors (Lipinski definition) is 4. The molecule has 0 aliphatic heterocycles. The van der Waals surface area contributed by atoms with Crippen LogP contribution in [0.25, 0.3) is 0 Å². The Bertz CT molecular complexity index is 650. The van der Waals surface area contributed by atoms with Crippen LogP contribution in [0.2, 0.25) is 0 Å². The van der Waals surface area contributed by atoms with Gasteiger partial charge in [-0.25, -0.2) is 0 Å². The number of pyridine rings is 1. The topological polar surface area (TPSA) is 103 Å². The molecule has 4 N–H and O–H groups in total. The quantitative estimate of drug-likeness (QED) is 0.658. The molecular weight excluding hydrogens is 250 g/mol. The molecule has 19 heavy (non-hydrogen) atoms. The van der Waals surface area contributed by atoms with E-state index in [-0.39, 0.29) is 17.2 Å². The van der Waals surface area contributed by atoms with Crippen molar-refractivity contribution in [1.82, 2.24) is 4.98 Å². The fourth-order valence-corrected chi connectivity index (χ4v) is 1.73. The van der Waals surface area contributed by atoms with Crippen LogP contribution in [0.3, 0.4) is 0 Å². The van der Waals surface area contributed by atoms with Crippen LogP contribution in [0.1, 0.15) is 17.4 Å². The monoisotopic (exact) mass is 263 g/mol. The molecule has 2 aromatic rings. The number of aromatic nitrogens is 1. The molecule has 1 atom stereocenters. The normalized spacial score (nSPS) is 12.1. The number of rotatable bonds is 3. The Kier molecular flexibility index (Phi) is 3.43. The Morgan fingerprint density at radius 1 is 1.26 bits per heavy atom. The van der Waals surface area contributed by atoms with E-state index in [1.165, 1.54) is 31.5 Å². The summed E-state index contributed by atoms with van der Waals surface area (Å²) in [6, 6.07) is 5.40. The maximum Gasteiger partial charge on any atom is 0.223 e. The number of aliphatic hydroxyl groups excluding tert-OH is 1. The van der Waals surface area contributed by atoms with E-state index < -0.39 is 17.3 Å². The second-order valence-electron chi connectivity index (χ2n) is 3.94. The van der Waals surface area contributed by atoms with Crippen LogP contribution in [0.5, 0.6) is 17.2 Å². The first-order chi connectivity index (χ1) is 9.04. The maximum atomic E-state index is 11.3. The Labute approximate surface area is 108 Å². The first-order valence-electron chi connectivity index (χ1n) is 5.50. The summed E-state index contributed by atoms with van der Waals surface area (Å²) in [4.78, 5) is 13.9. The van der Waals surface area contributed by atoms with Crippen molar-refractivity contribution < 1.29 is 20.1 Å². The zero-order valence-electron chi connectivity index (χ0n) is 10.1. The van der Waals surface area contributed by atoms with Crippen molar-refractivity contribution >= 4 is 0 Å². The molecule has 0 saturated heterocycles. The van der Waals surface area contributed by atoms with Crippen molar-refractivity contribution in [1.29, 1.82) is 0 Å². The van der Waals surface area contributed by atoms with Gasteiger partial charge in [0.15, 0.2) is 17.2 Å². The summed E-state index contributed by atoms with van der Waals surface area (Å²) in [6.07, 6.45) is 0.0986. The number of hydrogen-bond acceptors (Lipinski definition) is 5. The number of aromatic hydroxyl groups is 2. The Balaban J connectivity index is 2.47. The van der Waals surface area contributed by atoms with Crippen LogP contribution in [0.4, 0.5) is 0 Å². The largest absolute Gasteiger partial charge is 0.504 e. The number of aromatic amines is 1. The van der Waals surface area contributed by atoms with Gasteiger partial charge in [-0.05, 0) is 17.7 Å². The van der Waals surface area contributed by atoms with E-state index in [1.54, 1.807) is 0 Å². The molecule has 0 amide bonds. The molecule has 100 valence electrons. The molecule has 1 aromatic carbocycles. The average Bonchev–Trinajstić information content (AvgIpc) is 2.41. The van der Waals surface area contributed by atoms with Gasteiger partial charge in [-0.15, -0.1) is 0 Å². The summed E-state index contributed by atoms with van der Waals surface area (Å²) >= 11 is 0. The molecule has 1 aromatic heterocycles. The van der Waals surface area contributed by atoms with Gasteiger partial charge in [-0.2, -0.15) is 0 Å². The SMILES string of the molecule is COc1cc(C(O)c2[nH]ccc(=O)c2O)ccc1O. The smallest absolute Gasteiger partial charge is 0.223 e. The Morgan fingerprint density at radius 3 is 2.68 bits per heavy atom. The van der Waals surface area contributed by atoms with Crippen molar-refractivity contribution in [2.75, 3.05) is 7.11 Å². The first-order valence-corrected chi connectivity index (χ1v) is 5.50. The molecule has 0 radical (unpaired) electrons.